The Labute approximate surface area is 144 Å². The second-order valence-corrected chi connectivity index (χ2v) is 6.47. The summed E-state index contributed by atoms with van der Waals surface area (Å²) in [5.74, 6) is 0.292. The van der Waals surface area contributed by atoms with Gasteiger partial charge in [0.25, 0.3) is 0 Å². The molecule has 0 aliphatic carbocycles. The van der Waals surface area contributed by atoms with Gasteiger partial charge in [0.05, 0.1) is 22.6 Å². The molecule has 21 heavy (non-hydrogen) atoms. The molecule has 1 N–H and O–H groups in total. The van der Waals surface area contributed by atoms with Crippen LogP contribution in [0.4, 0.5) is 4.39 Å². The minimum absolute atomic E-state index is 0.0836. The van der Waals surface area contributed by atoms with E-state index in [-0.39, 0.29) is 11.1 Å². The first-order valence-corrected chi connectivity index (χ1v) is 8.10. The van der Waals surface area contributed by atoms with Crippen LogP contribution >= 0.6 is 43.5 Å². The van der Waals surface area contributed by atoms with Crippen molar-refractivity contribution in [1.29, 1.82) is 0 Å². The minimum atomic E-state index is -0.433. The molecule has 0 saturated carbocycles. The van der Waals surface area contributed by atoms with Gasteiger partial charge in [0.2, 0.25) is 0 Å². The molecule has 1 unspecified atom stereocenters. The highest BCUT2D eigenvalue weighted by molar-refractivity contribution is 9.10. The van der Waals surface area contributed by atoms with Crippen LogP contribution in [0.15, 0.2) is 39.3 Å². The highest BCUT2D eigenvalue weighted by Gasteiger charge is 2.20. The summed E-state index contributed by atoms with van der Waals surface area (Å²) >= 11 is 12.6. The number of halogens is 4. The summed E-state index contributed by atoms with van der Waals surface area (Å²) in [7, 11) is 3.38. The van der Waals surface area contributed by atoms with Gasteiger partial charge in [0, 0.05) is 10.0 Å². The Hall–Kier alpha value is -0.620. The van der Waals surface area contributed by atoms with Crippen molar-refractivity contribution in [3.63, 3.8) is 0 Å². The molecule has 112 valence electrons. The molecule has 1 atom stereocenters. The van der Waals surface area contributed by atoms with Crippen molar-refractivity contribution in [1.82, 2.24) is 5.32 Å². The second-order valence-electron chi connectivity index (χ2n) is 4.38. The molecular formula is C15H13Br2ClFNO. The summed E-state index contributed by atoms with van der Waals surface area (Å²) in [6.45, 7) is 0. The lowest BCUT2D eigenvalue weighted by Gasteiger charge is -2.19. The Balaban J connectivity index is 2.50. The van der Waals surface area contributed by atoms with E-state index in [4.69, 9.17) is 16.3 Å². The van der Waals surface area contributed by atoms with Crippen LogP contribution in [0.1, 0.15) is 17.2 Å². The molecule has 2 aromatic carbocycles. The molecule has 2 rings (SSSR count). The van der Waals surface area contributed by atoms with E-state index in [9.17, 15) is 4.39 Å². The number of rotatable bonds is 4. The summed E-state index contributed by atoms with van der Waals surface area (Å²) in [5.41, 5.74) is 1.39. The fourth-order valence-electron chi connectivity index (χ4n) is 2.13. The Kier molecular flexibility index (Phi) is 5.66. The lowest BCUT2D eigenvalue weighted by molar-refractivity contribution is 0.412. The average molecular weight is 438 g/mol. The number of hydrogen-bond donors (Lipinski definition) is 1. The topological polar surface area (TPSA) is 21.3 Å². The standard InChI is InChI=1S/C15H13Br2ClFNO/c1-20-15(8-3-6-12(21-2)11(17)7-8)9-4-5-10(16)13(18)14(9)19/h3-7,15,20H,1-2H3. The van der Waals surface area contributed by atoms with Crippen LogP contribution in [0.25, 0.3) is 0 Å². The minimum Gasteiger partial charge on any atom is -0.496 e. The number of benzene rings is 2. The second kappa shape index (κ2) is 7.09. The third kappa shape index (κ3) is 3.42. The van der Waals surface area contributed by atoms with Crippen LogP contribution < -0.4 is 10.1 Å². The Morgan fingerprint density at radius 1 is 1.19 bits per heavy atom. The lowest BCUT2D eigenvalue weighted by Crippen LogP contribution is -2.19. The molecule has 0 heterocycles. The van der Waals surface area contributed by atoms with Crippen LogP contribution in [0.3, 0.4) is 0 Å². The smallest absolute Gasteiger partial charge is 0.148 e. The van der Waals surface area contributed by atoms with Crippen LogP contribution in [0.5, 0.6) is 5.75 Å². The third-order valence-electron chi connectivity index (χ3n) is 3.17. The van der Waals surface area contributed by atoms with E-state index in [0.717, 1.165) is 15.8 Å². The molecule has 0 amide bonds. The molecule has 0 spiro atoms. The maximum absolute atomic E-state index is 14.4. The van der Waals surface area contributed by atoms with Crippen LogP contribution in [0.2, 0.25) is 5.02 Å². The molecular weight excluding hydrogens is 424 g/mol. The molecule has 0 saturated heterocycles. The van der Waals surface area contributed by atoms with E-state index in [1.165, 1.54) is 0 Å². The van der Waals surface area contributed by atoms with Gasteiger partial charge in [-0.3, -0.25) is 0 Å². The van der Waals surface area contributed by atoms with Gasteiger partial charge in [0.1, 0.15) is 11.6 Å². The van der Waals surface area contributed by atoms with Crippen LogP contribution in [-0.4, -0.2) is 14.2 Å². The zero-order valence-electron chi connectivity index (χ0n) is 11.4. The summed E-state index contributed by atoms with van der Waals surface area (Å²) in [4.78, 5) is 0. The monoisotopic (exact) mass is 435 g/mol. The normalized spacial score (nSPS) is 12.3. The maximum Gasteiger partial charge on any atom is 0.148 e. The Morgan fingerprint density at radius 2 is 1.90 bits per heavy atom. The van der Waals surface area contributed by atoms with Gasteiger partial charge in [-0.05, 0) is 62.7 Å². The summed E-state index contributed by atoms with van der Waals surface area (Å²) in [5, 5.41) is 3.19. The first-order chi connectivity index (χ1) is 9.99. The largest absolute Gasteiger partial charge is 0.496 e. The molecule has 0 aliphatic heterocycles. The third-order valence-corrected chi connectivity index (χ3v) is 5.05. The number of nitrogens with one attached hydrogen (secondary N) is 1. The van der Waals surface area contributed by atoms with Gasteiger partial charge in [-0.1, -0.05) is 23.7 Å². The molecule has 0 bridgehead atoms. The van der Waals surface area contributed by atoms with Crippen molar-refractivity contribution in [2.45, 2.75) is 6.04 Å². The number of hydrogen-bond acceptors (Lipinski definition) is 2. The van der Waals surface area contributed by atoms with E-state index in [1.54, 1.807) is 26.3 Å². The van der Waals surface area contributed by atoms with Crippen molar-refractivity contribution in [2.75, 3.05) is 14.2 Å². The molecule has 0 aromatic heterocycles. The highest BCUT2D eigenvalue weighted by Crippen LogP contribution is 2.35. The van der Waals surface area contributed by atoms with Crippen LogP contribution in [0, 0.1) is 5.82 Å². The van der Waals surface area contributed by atoms with Gasteiger partial charge in [0.15, 0.2) is 0 Å². The predicted molar refractivity (Wildman–Crippen MR) is 90.7 cm³/mol. The van der Waals surface area contributed by atoms with Crippen molar-refractivity contribution in [3.8, 4) is 5.75 Å². The highest BCUT2D eigenvalue weighted by atomic mass is 79.9. The average Bonchev–Trinajstić information content (AvgIpc) is 2.48. The van der Waals surface area contributed by atoms with Gasteiger partial charge < -0.3 is 10.1 Å². The molecule has 6 heteroatoms. The van der Waals surface area contributed by atoms with Crippen molar-refractivity contribution in [3.05, 3.63) is 61.2 Å². The molecule has 0 aliphatic rings. The van der Waals surface area contributed by atoms with Gasteiger partial charge in [-0.25, -0.2) is 4.39 Å². The van der Waals surface area contributed by atoms with Gasteiger partial charge in [-0.2, -0.15) is 0 Å². The van der Waals surface area contributed by atoms with Crippen molar-refractivity contribution >= 4 is 43.5 Å². The SMILES string of the molecule is CNC(c1ccc(OC)c(Br)c1)c1ccc(Br)c(Cl)c1F. The first-order valence-electron chi connectivity index (χ1n) is 6.13. The van der Waals surface area contributed by atoms with Gasteiger partial charge >= 0.3 is 0 Å². The first kappa shape index (κ1) is 16.7. The fourth-order valence-corrected chi connectivity index (χ4v) is 3.16. The molecule has 0 fully saturated rings. The van der Waals surface area contributed by atoms with Crippen molar-refractivity contribution < 1.29 is 9.13 Å². The van der Waals surface area contributed by atoms with E-state index in [2.05, 4.69) is 37.2 Å². The number of methoxy groups -OCH3 is 1. The summed E-state index contributed by atoms with van der Waals surface area (Å²) in [6.07, 6.45) is 0. The van der Waals surface area contributed by atoms with E-state index < -0.39 is 5.82 Å². The van der Waals surface area contributed by atoms with E-state index in [0.29, 0.717) is 10.0 Å². The van der Waals surface area contributed by atoms with E-state index >= 15 is 0 Å². The van der Waals surface area contributed by atoms with Gasteiger partial charge in [-0.15, -0.1) is 0 Å². The predicted octanol–water partition coefficient (Wildman–Crippen LogP) is 5.32. The van der Waals surface area contributed by atoms with Crippen molar-refractivity contribution in [2.24, 2.45) is 0 Å². The fraction of sp³-hybridized carbons (Fsp3) is 0.200. The molecule has 0 radical (unpaired) electrons. The Bertz CT molecular complexity index is 666. The van der Waals surface area contributed by atoms with Crippen LogP contribution in [-0.2, 0) is 0 Å². The Morgan fingerprint density at radius 3 is 2.48 bits per heavy atom. The quantitative estimate of drug-likeness (QED) is 0.654. The summed E-state index contributed by atoms with van der Waals surface area (Å²) < 4.78 is 21.0. The molecule has 2 nitrogen and oxygen atoms in total. The van der Waals surface area contributed by atoms with E-state index in [1.807, 2.05) is 18.2 Å². The zero-order chi connectivity index (χ0) is 15.6. The zero-order valence-corrected chi connectivity index (χ0v) is 15.3. The summed E-state index contributed by atoms with van der Waals surface area (Å²) in [6, 6.07) is 8.77. The lowest BCUT2D eigenvalue weighted by atomic mass is 9.98. The maximum atomic E-state index is 14.4. The molecule has 2 aromatic rings. The number of ether oxygens (including phenoxy) is 1.